The fourth-order valence-corrected chi connectivity index (χ4v) is 1.58. The Labute approximate surface area is 105 Å². The molecule has 6 heteroatoms. The highest BCUT2D eigenvalue weighted by Crippen LogP contribution is 2.23. The first kappa shape index (κ1) is 12.3. The van der Waals surface area contributed by atoms with Crippen LogP contribution in [0.1, 0.15) is 36.8 Å². The van der Waals surface area contributed by atoms with Crippen LogP contribution in [0.15, 0.2) is 18.5 Å². The normalized spacial score (nSPS) is 11.8. The second-order valence-corrected chi connectivity index (χ2v) is 5.32. The number of hydrogen-bond acceptors (Lipinski definition) is 4. The van der Waals surface area contributed by atoms with Gasteiger partial charge < -0.3 is 5.73 Å². The number of carbonyl (C=O) groups is 1. The number of anilines is 1. The van der Waals surface area contributed by atoms with Gasteiger partial charge in [-0.05, 0) is 0 Å². The van der Waals surface area contributed by atoms with E-state index >= 15 is 0 Å². The average molecular weight is 247 g/mol. The lowest BCUT2D eigenvalue weighted by molar-refractivity contribution is 0.0947. The zero-order valence-corrected chi connectivity index (χ0v) is 11.0. The van der Waals surface area contributed by atoms with Crippen molar-refractivity contribution in [3.63, 3.8) is 0 Å². The largest absolute Gasteiger partial charge is 0.383 e. The van der Waals surface area contributed by atoms with E-state index in [9.17, 15) is 4.79 Å². The molecule has 0 saturated carbocycles. The third-order valence-electron chi connectivity index (χ3n) is 2.65. The minimum atomic E-state index is -0.267. The van der Waals surface area contributed by atoms with E-state index in [1.165, 1.54) is 10.9 Å². The second-order valence-electron chi connectivity index (χ2n) is 5.32. The summed E-state index contributed by atoms with van der Waals surface area (Å²) < 4.78 is 2.79. The van der Waals surface area contributed by atoms with Crippen molar-refractivity contribution >= 4 is 11.7 Å². The Hall–Kier alpha value is -2.11. The lowest BCUT2D eigenvalue weighted by atomic mass is 9.92. The van der Waals surface area contributed by atoms with Gasteiger partial charge in [0.15, 0.2) is 0 Å². The smallest absolute Gasteiger partial charge is 0.283 e. The molecule has 0 bridgehead atoms. The van der Waals surface area contributed by atoms with Gasteiger partial charge in [-0.15, -0.1) is 0 Å². The molecule has 0 aliphatic carbocycles. The van der Waals surface area contributed by atoms with Gasteiger partial charge in [-0.1, -0.05) is 20.8 Å². The Morgan fingerprint density at radius 2 is 2.06 bits per heavy atom. The van der Waals surface area contributed by atoms with Crippen molar-refractivity contribution in [1.29, 1.82) is 0 Å². The molecule has 0 saturated heterocycles. The van der Waals surface area contributed by atoms with Crippen LogP contribution in [-0.4, -0.2) is 25.5 Å². The number of hydrogen-bond donors (Lipinski definition) is 1. The Morgan fingerprint density at radius 1 is 1.39 bits per heavy atom. The number of nitrogens with two attached hydrogens (primary N) is 1. The molecule has 2 aromatic rings. The molecule has 2 aromatic heterocycles. The van der Waals surface area contributed by atoms with Crippen LogP contribution in [-0.2, 0) is 12.5 Å². The van der Waals surface area contributed by atoms with Crippen molar-refractivity contribution in [3.05, 3.63) is 29.7 Å². The maximum atomic E-state index is 12.2. The predicted molar refractivity (Wildman–Crippen MR) is 68.3 cm³/mol. The quantitative estimate of drug-likeness (QED) is 0.820. The lowest BCUT2D eigenvalue weighted by Gasteiger charge is -2.13. The van der Waals surface area contributed by atoms with Gasteiger partial charge in [-0.2, -0.15) is 14.9 Å². The zero-order valence-electron chi connectivity index (χ0n) is 11.0. The molecule has 0 aromatic carbocycles. The zero-order chi connectivity index (χ0) is 13.5. The van der Waals surface area contributed by atoms with Gasteiger partial charge in [0.2, 0.25) is 0 Å². The molecule has 2 rings (SSSR count). The molecule has 18 heavy (non-hydrogen) atoms. The maximum Gasteiger partial charge on any atom is 0.283 e. The fraction of sp³-hybridized carbons (Fsp3) is 0.417. The van der Waals surface area contributed by atoms with Gasteiger partial charge in [0.25, 0.3) is 5.91 Å². The predicted octanol–water partition coefficient (Wildman–Crippen LogP) is 1.18. The fourth-order valence-electron chi connectivity index (χ4n) is 1.58. The second kappa shape index (κ2) is 3.97. The molecule has 0 fully saturated rings. The van der Waals surface area contributed by atoms with Gasteiger partial charge in [-0.3, -0.25) is 9.48 Å². The Kier molecular flexibility index (Phi) is 2.73. The number of nitrogens with zero attached hydrogens (tertiary/aromatic N) is 4. The summed E-state index contributed by atoms with van der Waals surface area (Å²) in [6.45, 7) is 6.06. The summed E-state index contributed by atoms with van der Waals surface area (Å²) in [7, 11) is 1.75. The molecule has 0 aliphatic rings. The molecular weight excluding hydrogens is 230 g/mol. The van der Waals surface area contributed by atoms with Crippen molar-refractivity contribution < 1.29 is 4.79 Å². The maximum absolute atomic E-state index is 12.2. The van der Waals surface area contributed by atoms with E-state index in [0.29, 0.717) is 11.4 Å². The molecule has 2 heterocycles. The Morgan fingerprint density at radius 3 is 2.50 bits per heavy atom. The Balaban J connectivity index is 2.40. The van der Waals surface area contributed by atoms with Crippen LogP contribution in [0.2, 0.25) is 0 Å². The topological polar surface area (TPSA) is 78.7 Å². The molecule has 0 atom stereocenters. The van der Waals surface area contributed by atoms with Crippen LogP contribution in [0.4, 0.5) is 5.82 Å². The van der Waals surface area contributed by atoms with Crippen LogP contribution >= 0.6 is 0 Å². The monoisotopic (exact) mass is 247 g/mol. The molecule has 0 aliphatic heterocycles. The molecule has 0 spiro atoms. The van der Waals surface area contributed by atoms with Gasteiger partial charge >= 0.3 is 0 Å². The number of nitrogen functional groups attached to an aromatic ring is 1. The molecule has 96 valence electrons. The third-order valence-corrected chi connectivity index (χ3v) is 2.65. The van der Waals surface area contributed by atoms with E-state index in [1.54, 1.807) is 24.0 Å². The lowest BCUT2D eigenvalue weighted by Crippen LogP contribution is -2.18. The standard InChI is InChI=1S/C12H17N5O/c1-12(2,3)9-5-10(13)17(15-9)11(18)8-6-14-16(4)7-8/h5-7H,13H2,1-4H3. The number of rotatable bonds is 1. The highest BCUT2D eigenvalue weighted by Gasteiger charge is 2.22. The van der Waals surface area contributed by atoms with Crippen LogP contribution in [0, 0.1) is 0 Å². The van der Waals surface area contributed by atoms with Crippen molar-refractivity contribution in [2.45, 2.75) is 26.2 Å². The van der Waals surface area contributed by atoms with E-state index in [1.807, 2.05) is 20.8 Å². The Bertz CT molecular complexity index is 588. The van der Waals surface area contributed by atoms with E-state index in [-0.39, 0.29) is 11.3 Å². The van der Waals surface area contributed by atoms with E-state index in [0.717, 1.165) is 5.69 Å². The van der Waals surface area contributed by atoms with Crippen molar-refractivity contribution in [2.75, 3.05) is 5.73 Å². The summed E-state index contributed by atoms with van der Waals surface area (Å²) in [5.41, 5.74) is 6.95. The van der Waals surface area contributed by atoms with Crippen molar-refractivity contribution in [2.24, 2.45) is 7.05 Å². The van der Waals surface area contributed by atoms with Crippen LogP contribution < -0.4 is 5.73 Å². The minimum Gasteiger partial charge on any atom is -0.383 e. The van der Waals surface area contributed by atoms with Crippen molar-refractivity contribution in [3.8, 4) is 0 Å². The summed E-state index contributed by atoms with van der Waals surface area (Å²) in [5, 5.41) is 8.23. The van der Waals surface area contributed by atoms with E-state index < -0.39 is 0 Å². The highest BCUT2D eigenvalue weighted by molar-refractivity contribution is 5.96. The van der Waals surface area contributed by atoms with Gasteiger partial charge in [0.05, 0.1) is 17.5 Å². The highest BCUT2D eigenvalue weighted by atomic mass is 16.2. The minimum absolute atomic E-state index is 0.144. The summed E-state index contributed by atoms with van der Waals surface area (Å²) in [5.74, 6) is 0.0740. The molecule has 2 N–H and O–H groups in total. The van der Waals surface area contributed by atoms with Gasteiger partial charge in [-0.25, -0.2) is 0 Å². The molecule has 0 unspecified atom stereocenters. The summed E-state index contributed by atoms with van der Waals surface area (Å²) in [4.78, 5) is 12.2. The van der Waals surface area contributed by atoms with Crippen LogP contribution in [0.3, 0.4) is 0 Å². The van der Waals surface area contributed by atoms with Gasteiger partial charge in [0.1, 0.15) is 5.82 Å². The van der Waals surface area contributed by atoms with Crippen LogP contribution in [0.5, 0.6) is 0 Å². The summed E-state index contributed by atoms with van der Waals surface area (Å²) in [6, 6.07) is 1.73. The SMILES string of the molecule is Cn1cc(C(=O)n2nc(C(C)(C)C)cc2N)cn1. The van der Waals surface area contributed by atoms with Crippen molar-refractivity contribution in [1.82, 2.24) is 19.6 Å². The number of aryl methyl sites for hydroxylation is 1. The molecular formula is C12H17N5O. The summed E-state index contributed by atoms with van der Waals surface area (Å²) in [6.07, 6.45) is 3.14. The first-order valence-corrected chi connectivity index (χ1v) is 5.68. The first-order chi connectivity index (χ1) is 8.29. The average Bonchev–Trinajstić information content (AvgIpc) is 2.83. The third kappa shape index (κ3) is 2.13. The molecule has 0 amide bonds. The van der Waals surface area contributed by atoms with E-state index in [4.69, 9.17) is 5.73 Å². The number of aromatic nitrogens is 4. The molecule has 0 radical (unpaired) electrons. The molecule has 6 nitrogen and oxygen atoms in total. The number of carbonyl (C=O) groups excluding carboxylic acids is 1. The first-order valence-electron chi connectivity index (χ1n) is 5.68. The van der Waals surface area contributed by atoms with E-state index in [2.05, 4.69) is 10.2 Å². The van der Waals surface area contributed by atoms with Gasteiger partial charge in [0, 0.05) is 24.7 Å². The summed E-state index contributed by atoms with van der Waals surface area (Å²) >= 11 is 0. The van der Waals surface area contributed by atoms with Crippen LogP contribution in [0.25, 0.3) is 0 Å².